The molecule has 0 aliphatic heterocycles. The summed E-state index contributed by atoms with van der Waals surface area (Å²) in [4.78, 5) is 27.6. The van der Waals surface area contributed by atoms with Gasteiger partial charge in [0.15, 0.2) is 6.61 Å². The summed E-state index contributed by atoms with van der Waals surface area (Å²) in [5.74, 6) is -1.82. The van der Waals surface area contributed by atoms with Gasteiger partial charge in [-0.1, -0.05) is 5.16 Å². The molecule has 0 spiro atoms. The number of benzene rings is 2. The number of hydrogen-bond acceptors (Lipinski definition) is 6. The molecule has 0 aliphatic rings. The Hall–Kier alpha value is -3.76. The van der Waals surface area contributed by atoms with E-state index in [-0.39, 0.29) is 23.9 Å². The second kappa shape index (κ2) is 8.72. The van der Waals surface area contributed by atoms with Gasteiger partial charge in [-0.05, 0) is 48.5 Å². The minimum Gasteiger partial charge on any atom is -0.454 e. The highest BCUT2D eigenvalue weighted by Gasteiger charge is 2.30. The van der Waals surface area contributed by atoms with E-state index in [1.807, 2.05) is 0 Å². The van der Waals surface area contributed by atoms with Crippen molar-refractivity contribution >= 4 is 11.9 Å². The van der Waals surface area contributed by atoms with E-state index in [2.05, 4.69) is 15.5 Å². The largest absolute Gasteiger partial charge is 0.454 e. The Balaban J connectivity index is 1.47. The SMILES string of the molecule is O=C(CNC(=O)c1ccc(C(F)(F)F)cc1)OCc1nc(-c2ccc(F)cc2)no1. The first-order valence-corrected chi connectivity index (χ1v) is 8.42. The van der Waals surface area contributed by atoms with E-state index in [9.17, 15) is 27.2 Å². The van der Waals surface area contributed by atoms with Gasteiger partial charge >= 0.3 is 12.1 Å². The zero-order chi connectivity index (χ0) is 21.7. The normalized spacial score (nSPS) is 11.2. The molecule has 0 atom stereocenters. The van der Waals surface area contributed by atoms with Crippen molar-refractivity contribution in [1.29, 1.82) is 0 Å². The van der Waals surface area contributed by atoms with Gasteiger partial charge in [-0.2, -0.15) is 18.2 Å². The quantitative estimate of drug-likeness (QED) is 0.483. The van der Waals surface area contributed by atoms with Gasteiger partial charge in [0.1, 0.15) is 12.4 Å². The number of carbonyl (C=O) groups is 2. The minimum absolute atomic E-state index is 0.0169. The second-order valence-corrected chi connectivity index (χ2v) is 5.94. The Kier molecular flexibility index (Phi) is 6.09. The maximum absolute atomic E-state index is 12.9. The first-order valence-electron chi connectivity index (χ1n) is 8.42. The molecule has 30 heavy (non-hydrogen) atoms. The van der Waals surface area contributed by atoms with Crippen molar-refractivity contribution in [2.24, 2.45) is 0 Å². The molecule has 2 aromatic carbocycles. The van der Waals surface area contributed by atoms with Gasteiger partial charge in [0, 0.05) is 11.1 Å². The lowest BCUT2D eigenvalue weighted by Gasteiger charge is -2.08. The molecule has 0 bridgehead atoms. The van der Waals surface area contributed by atoms with E-state index in [4.69, 9.17) is 9.26 Å². The van der Waals surface area contributed by atoms with Gasteiger partial charge in [-0.25, -0.2) is 4.39 Å². The minimum atomic E-state index is -4.51. The standard InChI is InChI=1S/C19H13F4N3O4/c20-14-7-3-11(4-8-14)17-25-15(30-26-17)10-29-16(27)9-24-18(28)12-1-5-13(6-2-12)19(21,22)23/h1-8H,9-10H2,(H,24,28). The third kappa shape index (κ3) is 5.40. The first kappa shape index (κ1) is 21.0. The van der Waals surface area contributed by atoms with Crippen LogP contribution in [0.1, 0.15) is 21.8 Å². The van der Waals surface area contributed by atoms with Crippen LogP contribution in [0.5, 0.6) is 0 Å². The number of aromatic nitrogens is 2. The van der Waals surface area contributed by atoms with Crippen LogP contribution < -0.4 is 5.32 Å². The fraction of sp³-hybridized carbons (Fsp3) is 0.158. The molecule has 156 valence electrons. The summed E-state index contributed by atoms with van der Waals surface area (Å²) in [6, 6.07) is 8.88. The fourth-order valence-corrected chi connectivity index (χ4v) is 2.29. The van der Waals surface area contributed by atoms with Crippen molar-refractivity contribution in [2.45, 2.75) is 12.8 Å². The maximum Gasteiger partial charge on any atom is 0.416 e. The van der Waals surface area contributed by atoms with Crippen LogP contribution in [-0.4, -0.2) is 28.6 Å². The number of esters is 1. The van der Waals surface area contributed by atoms with Crippen molar-refractivity contribution in [3.8, 4) is 11.4 Å². The van der Waals surface area contributed by atoms with Crippen LogP contribution in [0.3, 0.4) is 0 Å². The zero-order valence-corrected chi connectivity index (χ0v) is 15.1. The predicted octanol–water partition coefficient (Wildman–Crippen LogP) is 3.37. The topological polar surface area (TPSA) is 94.3 Å². The highest BCUT2D eigenvalue weighted by Crippen LogP contribution is 2.29. The van der Waals surface area contributed by atoms with Gasteiger partial charge in [-0.3, -0.25) is 9.59 Å². The average molecular weight is 423 g/mol. The molecular formula is C19H13F4N3O4. The number of nitrogens with zero attached hydrogens (tertiary/aromatic N) is 2. The fourth-order valence-electron chi connectivity index (χ4n) is 2.29. The molecule has 3 aromatic rings. The zero-order valence-electron chi connectivity index (χ0n) is 15.1. The van der Waals surface area contributed by atoms with Crippen molar-refractivity contribution in [3.05, 3.63) is 71.4 Å². The van der Waals surface area contributed by atoms with Crippen LogP contribution >= 0.6 is 0 Å². The van der Waals surface area contributed by atoms with Crippen LogP contribution in [0, 0.1) is 5.82 Å². The number of alkyl halides is 3. The highest BCUT2D eigenvalue weighted by molar-refractivity contribution is 5.95. The van der Waals surface area contributed by atoms with Gasteiger partial charge in [0.25, 0.3) is 11.8 Å². The molecule has 7 nitrogen and oxygen atoms in total. The van der Waals surface area contributed by atoms with E-state index in [1.54, 1.807) is 0 Å². The number of hydrogen-bond donors (Lipinski definition) is 1. The van der Waals surface area contributed by atoms with Crippen molar-refractivity contribution in [2.75, 3.05) is 6.54 Å². The smallest absolute Gasteiger partial charge is 0.416 e. The third-order valence-electron chi connectivity index (χ3n) is 3.79. The third-order valence-corrected chi connectivity index (χ3v) is 3.79. The highest BCUT2D eigenvalue weighted by atomic mass is 19.4. The average Bonchev–Trinajstić information content (AvgIpc) is 3.19. The Labute approximate surface area is 166 Å². The summed E-state index contributed by atoms with van der Waals surface area (Å²) >= 11 is 0. The molecular weight excluding hydrogens is 410 g/mol. The lowest BCUT2D eigenvalue weighted by molar-refractivity contribution is -0.144. The molecule has 11 heteroatoms. The summed E-state index contributed by atoms with van der Waals surface area (Å²) in [6.45, 7) is -0.873. The molecule has 1 heterocycles. The van der Waals surface area contributed by atoms with Crippen molar-refractivity contribution < 1.29 is 36.4 Å². The van der Waals surface area contributed by atoms with E-state index < -0.39 is 36.0 Å². The number of amides is 1. The Bertz CT molecular complexity index is 1030. The number of ether oxygens (including phenoxy) is 1. The lowest BCUT2D eigenvalue weighted by Crippen LogP contribution is -2.30. The second-order valence-electron chi connectivity index (χ2n) is 5.94. The summed E-state index contributed by atoms with van der Waals surface area (Å²) in [7, 11) is 0. The molecule has 1 N–H and O–H groups in total. The molecule has 0 radical (unpaired) electrons. The van der Waals surface area contributed by atoms with Gasteiger partial charge < -0.3 is 14.6 Å². The number of nitrogens with one attached hydrogen (secondary N) is 1. The lowest BCUT2D eigenvalue weighted by atomic mass is 10.1. The van der Waals surface area contributed by atoms with Crippen molar-refractivity contribution in [3.63, 3.8) is 0 Å². The van der Waals surface area contributed by atoms with Crippen molar-refractivity contribution in [1.82, 2.24) is 15.5 Å². The van der Waals surface area contributed by atoms with Crippen LogP contribution in [0.15, 0.2) is 53.1 Å². The molecule has 0 fully saturated rings. The van der Waals surface area contributed by atoms with E-state index >= 15 is 0 Å². The Morgan fingerprint density at radius 3 is 2.33 bits per heavy atom. The monoisotopic (exact) mass is 423 g/mol. The van der Waals surface area contributed by atoms with Crippen LogP contribution in [0.4, 0.5) is 17.6 Å². The molecule has 0 saturated heterocycles. The Morgan fingerprint density at radius 1 is 1.03 bits per heavy atom. The number of rotatable bonds is 6. The summed E-state index contributed by atoms with van der Waals surface area (Å²) in [5.41, 5.74) is -0.434. The molecule has 3 rings (SSSR count). The molecule has 0 aliphatic carbocycles. The predicted molar refractivity (Wildman–Crippen MR) is 93.3 cm³/mol. The molecule has 1 amide bonds. The number of carbonyl (C=O) groups excluding carboxylic acids is 2. The van der Waals surface area contributed by atoms with Crippen LogP contribution in [0.2, 0.25) is 0 Å². The van der Waals surface area contributed by atoms with E-state index in [1.165, 1.54) is 24.3 Å². The number of halogens is 4. The summed E-state index contributed by atoms with van der Waals surface area (Å²) in [5, 5.41) is 5.92. The van der Waals surface area contributed by atoms with Crippen LogP contribution in [0.25, 0.3) is 11.4 Å². The molecule has 1 aromatic heterocycles. The summed E-state index contributed by atoms with van der Waals surface area (Å²) < 4.78 is 60.3. The van der Waals surface area contributed by atoms with Crippen LogP contribution in [-0.2, 0) is 22.3 Å². The Morgan fingerprint density at radius 2 is 1.70 bits per heavy atom. The first-order chi connectivity index (χ1) is 14.2. The molecule has 0 saturated carbocycles. The van der Waals surface area contributed by atoms with Gasteiger partial charge in [0.05, 0.1) is 5.56 Å². The van der Waals surface area contributed by atoms with Gasteiger partial charge in [-0.15, -0.1) is 0 Å². The van der Waals surface area contributed by atoms with E-state index in [0.717, 1.165) is 24.3 Å². The van der Waals surface area contributed by atoms with E-state index in [0.29, 0.717) is 5.56 Å². The van der Waals surface area contributed by atoms with Gasteiger partial charge in [0.2, 0.25) is 5.82 Å². The summed E-state index contributed by atoms with van der Waals surface area (Å²) in [6.07, 6.45) is -4.51. The maximum atomic E-state index is 12.9. The molecule has 0 unspecified atom stereocenters.